The lowest BCUT2D eigenvalue weighted by Crippen LogP contribution is -2.49. The second-order valence-electron chi connectivity index (χ2n) is 7.20. The summed E-state index contributed by atoms with van der Waals surface area (Å²) in [5.41, 5.74) is 6.37. The molecule has 2 amide bonds. The second-order valence-corrected chi connectivity index (χ2v) is 7.20. The Morgan fingerprint density at radius 3 is 2.46 bits per heavy atom. The van der Waals surface area contributed by atoms with Gasteiger partial charge < -0.3 is 11.1 Å². The molecule has 3 atom stereocenters. The van der Waals surface area contributed by atoms with Gasteiger partial charge in [0.2, 0.25) is 11.8 Å². The van der Waals surface area contributed by atoms with Crippen LogP contribution < -0.4 is 11.1 Å². The molecular formula is C19H27N3O2. The molecule has 0 spiro atoms. The van der Waals surface area contributed by atoms with Gasteiger partial charge in [-0.2, -0.15) is 0 Å². The number of rotatable bonds is 4. The molecule has 0 aromatic heterocycles. The summed E-state index contributed by atoms with van der Waals surface area (Å²) in [6.45, 7) is 4.03. The first-order chi connectivity index (χ1) is 11.5. The van der Waals surface area contributed by atoms with E-state index in [1.165, 1.54) is 32.1 Å². The SMILES string of the molecule is C[C@H](C(=O)Nc1ccc(C(N)=O)cc1)N1CC[C@@H]2CCCC[C@H]2C1. The third-order valence-electron chi connectivity index (χ3n) is 5.69. The van der Waals surface area contributed by atoms with Crippen LogP contribution in [0.15, 0.2) is 24.3 Å². The van der Waals surface area contributed by atoms with Crippen molar-refractivity contribution in [2.75, 3.05) is 18.4 Å². The average Bonchev–Trinajstić information content (AvgIpc) is 2.61. The van der Waals surface area contributed by atoms with Crippen LogP contribution >= 0.6 is 0 Å². The molecular weight excluding hydrogens is 302 g/mol. The minimum atomic E-state index is -0.461. The van der Waals surface area contributed by atoms with Gasteiger partial charge in [-0.05, 0) is 62.4 Å². The monoisotopic (exact) mass is 329 g/mol. The predicted octanol–water partition coefficient (Wildman–Crippen LogP) is 2.62. The molecule has 2 fully saturated rings. The van der Waals surface area contributed by atoms with E-state index in [0.717, 1.165) is 24.9 Å². The number of nitrogens with one attached hydrogen (secondary N) is 1. The Morgan fingerprint density at radius 1 is 1.12 bits per heavy atom. The highest BCUT2D eigenvalue weighted by Crippen LogP contribution is 2.36. The molecule has 0 radical (unpaired) electrons. The number of amides is 2. The van der Waals surface area contributed by atoms with Crippen LogP contribution in [0.4, 0.5) is 5.69 Å². The first kappa shape index (κ1) is 17.0. The maximum atomic E-state index is 12.5. The molecule has 1 aromatic rings. The van der Waals surface area contributed by atoms with Crippen LogP contribution in [0, 0.1) is 11.8 Å². The zero-order valence-electron chi connectivity index (χ0n) is 14.3. The third-order valence-corrected chi connectivity index (χ3v) is 5.69. The zero-order valence-corrected chi connectivity index (χ0v) is 14.3. The van der Waals surface area contributed by atoms with E-state index in [1.54, 1.807) is 24.3 Å². The Kier molecular flexibility index (Phi) is 5.19. The van der Waals surface area contributed by atoms with Crippen molar-refractivity contribution in [1.29, 1.82) is 0 Å². The molecule has 3 rings (SSSR count). The quantitative estimate of drug-likeness (QED) is 0.891. The van der Waals surface area contributed by atoms with Crippen molar-refractivity contribution in [1.82, 2.24) is 4.90 Å². The van der Waals surface area contributed by atoms with Crippen LogP contribution in [-0.4, -0.2) is 35.8 Å². The van der Waals surface area contributed by atoms with E-state index in [4.69, 9.17) is 5.73 Å². The van der Waals surface area contributed by atoms with Gasteiger partial charge in [-0.15, -0.1) is 0 Å². The Morgan fingerprint density at radius 2 is 1.79 bits per heavy atom. The molecule has 1 saturated heterocycles. The summed E-state index contributed by atoms with van der Waals surface area (Å²) < 4.78 is 0. The second kappa shape index (κ2) is 7.34. The highest BCUT2D eigenvalue weighted by Gasteiger charge is 2.34. The van der Waals surface area contributed by atoms with E-state index in [2.05, 4.69) is 10.2 Å². The molecule has 1 aliphatic carbocycles. The van der Waals surface area contributed by atoms with E-state index in [9.17, 15) is 9.59 Å². The van der Waals surface area contributed by atoms with Crippen LogP contribution in [0.25, 0.3) is 0 Å². The lowest BCUT2D eigenvalue weighted by Gasteiger charge is -2.43. The number of piperidine rings is 1. The van der Waals surface area contributed by atoms with Gasteiger partial charge in [0.25, 0.3) is 0 Å². The minimum absolute atomic E-state index is 0.0103. The standard InChI is InChI=1S/C19H27N3O2/c1-13(22-11-10-14-4-2-3-5-16(14)12-22)19(24)21-17-8-6-15(7-9-17)18(20)23/h6-9,13-14,16H,2-5,10-12H2,1H3,(H2,20,23)(H,21,24)/t13-,14+,16+/m1/s1. The van der Waals surface area contributed by atoms with E-state index < -0.39 is 5.91 Å². The van der Waals surface area contributed by atoms with Crippen molar-refractivity contribution in [2.45, 2.75) is 45.1 Å². The molecule has 130 valence electrons. The highest BCUT2D eigenvalue weighted by molar-refractivity contribution is 5.96. The highest BCUT2D eigenvalue weighted by atomic mass is 16.2. The number of nitrogens with two attached hydrogens (primary N) is 1. The number of nitrogens with zero attached hydrogens (tertiary/aromatic N) is 1. The number of primary amides is 1. The molecule has 1 saturated carbocycles. The van der Waals surface area contributed by atoms with E-state index in [1.807, 2.05) is 6.92 Å². The van der Waals surface area contributed by atoms with Crippen LogP contribution in [-0.2, 0) is 4.79 Å². The summed E-state index contributed by atoms with van der Waals surface area (Å²) in [5.74, 6) is 1.18. The number of carbonyl (C=O) groups is 2. The molecule has 1 aliphatic heterocycles. The molecule has 5 nitrogen and oxygen atoms in total. The van der Waals surface area contributed by atoms with E-state index in [-0.39, 0.29) is 11.9 Å². The van der Waals surface area contributed by atoms with Gasteiger partial charge in [-0.1, -0.05) is 19.3 Å². The molecule has 3 N–H and O–H groups in total. The first-order valence-corrected chi connectivity index (χ1v) is 8.99. The van der Waals surface area contributed by atoms with Crippen molar-refractivity contribution in [3.8, 4) is 0 Å². The molecule has 0 bridgehead atoms. The fourth-order valence-electron chi connectivity index (χ4n) is 4.11. The number of benzene rings is 1. The van der Waals surface area contributed by atoms with Gasteiger partial charge in [-0.25, -0.2) is 0 Å². The van der Waals surface area contributed by atoms with Crippen molar-refractivity contribution < 1.29 is 9.59 Å². The number of anilines is 1. The summed E-state index contributed by atoms with van der Waals surface area (Å²) in [6, 6.07) is 6.58. The molecule has 0 unspecified atom stereocenters. The normalized spacial score (nSPS) is 25.5. The fourth-order valence-corrected chi connectivity index (χ4v) is 4.11. The lowest BCUT2D eigenvalue weighted by molar-refractivity contribution is -0.122. The molecule has 24 heavy (non-hydrogen) atoms. The summed E-state index contributed by atoms with van der Waals surface area (Å²) in [5, 5.41) is 2.94. The molecule has 5 heteroatoms. The zero-order chi connectivity index (χ0) is 17.1. The van der Waals surface area contributed by atoms with E-state index in [0.29, 0.717) is 11.3 Å². The van der Waals surface area contributed by atoms with Gasteiger partial charge in [0.1, 0.15) is 0 Å². The van der Waals surface area contributed by atoms with Crippen molar-refractivity contribution in [3.63, 3.8) is 0 Å². The van der Waals surface area contributed by atoms with Crippen LogP contribution in [0.1, 0.15) is 49.4 Å². The number of hydrogen-bond donors (Lipinski definition) is 2. The topological polar surface area (TPSA) is 75.4 Å². The minimum Gasteiger partial charge on any atom is -0.366 e. The van der Waals surface area contributed by atoms with Crippen LogP contribution in [0.3, 0.4) is 0 Å². The number of hydrogen-bond acceptors (Lipinski definition) is 3. The number of fused-ring (bicyclic) bond motifs is 1. The Hall–Kier alpha value is -1.88. The largest absolute Gasteiger partial charge is 0.366 e. The van der Waals surface area contributed by atoms with Crippen LogP contribution in [0.2, 0.25) is 0 Å². The summed E-state index contributed by atoms with van der Waals surface area (Å²) >= 11 is 0. The summed E-state index contributed by atoms with van der Waals surface area (Å²) in [7, 11) is 0. The fraction of sp³-hybridized carbons (Fsp3) is 0.579. The Balaban J connectivity index is 1.57. The maximum Gasteiger partial charge on any atom is 0.248 e. The van der Waals surface area contributed by atoms with Gasteiger partial charge in [-0.3, -0.25) is 14.5 Å². The van der Waals surface area contributed by atoms with Gasteiger partial charge in [0.05, 0.1) is 6.04 Å². The van der Waals surface area contributed by atoms with Crippen molar-refractivity contribution >= 4 is 17.5 Å². The third kappa shape index (κ3) is 3.78. The van der Waals surface area contributed by atoms with Gasteiger partial charge >= 0.3 is 0 Å². The van der Waals surface area contributed by atoms with Gasteiger partial charge in [0.15, 0.2) is 0 Å². The smallest absolute Gasteiger partial charge is 0.248 e. The van der Waals surface area contributed by atoms with Gasteiger partial charge in [0, 0.05) is 17.8 Å². The predicted molar refractivity (Wildman–Crippen MR) is 94.7 cm³/mol. The van der Waals surface area contributed by atoms with Crippen LogP contribution in [0.5, 0.6) is 0 Å². The summed E-state index contributed by atoms with van der Waals surface area (Å²) in [4.78, 5) is 26.0. The lowest BCUT2D eigenvalue weighted by atomic mass is 9.75. The first-order valence-electron chi connectivity index (χ1n) is 8.99. The summed E-state index contributed by atoms with van der Waals surface area (Å²) in [6.07, 6.45) is 6.60. The molecule has 2 aliphatic rings. The molecule has 1 aromatic carbocycles. The van der Waals surface area contributed by atoms with E-state index >= 15 is 0 Å². The van der Waals surface area contributed by atoms with Crippen molar-refractivity contribution in [3.05, 3.63) is 29.8 Å². The number of likely N-dealkylation sites (tertiary alicyclic amines) is 1. The maximum absolute atomic E-state index is 12.5. The Labute approximate surface area is 143 Å². The Bertz CT molecular complexity index is 599. The average molecular weight is 329 g/mol. The molecule has 1 heterocycles. The van der Waals surface area contributed by atoms with Crippen molar-refractivity contribution in [2.24, 2.45) is 17.6 Å². The number of carbonyl (C=O) groups excluding carboxylic acids is 2.